The molecule has 2 heterocycles. The van der Waals surface area contributed by atoms with Gasteiger partial charge in [-0.05, 0) is 40.2 Å². The summed E-state index contributed by atoms with van der Waals surface area (Å²) in [6.45, 7) is 0. The number of nitrogens with one attached hydrogen (secondary N) is 1. The van der Waals surface area contributed by atoms with Gasteiger partial charge in [0.1, 0.15) is 28.0 Å². The van der Waals surface area contributed by atoms with Gasteiger partial charge in [0.2, 0.25) is 10.0 Å². The molecular weight excluding hydrogens is 442 g/mol. The van der Waals surface area contributed by atoms with Gasteiger partial charge in [-0.15, -0.1) is 0 Å². The molecule has 2 aromatic heterocycles. The Labute approximate surface area is 154 Å². The molecule has 0 bridgehead atoms. The Kier molecular flexibility index (Phi) is 4.48. The van der Waals surface area contributed by atoms with Gasteiger partial charge < -0.3 is 5.32 Å². The van der Waals surface area contributed by atoms with Crippen molar-refractivity contribution in [2.45, 2.75) is 4.90 Å². The SMILES string of the molecule is CNc1c(Cl)ccc2c(S(N)(=O)=O)c(-c3cc(F)c(Br)cc3F)nn12. The van der Waals surface area contributed by atoms with Crippen molar-refractivity contribution in [2.75, 3.05) is 12.4 Å². The highest BCUT2D eigenvalue weighted by atomic mass is 79.9. The van der Waals surface area contributed by atoms with Crippen LogP contribution >= 0.6 is 27.5 Å². The van der Waals surface area contributed by atoms with Crippen molar-refractivity contribution in [3.8, 4) is 11.3 Å². The monoisotopic (exact) mass is 450 g/mol. The number of pyridine rings is 1. The Bertz CT molecular complexity index is 1120. The summed E-state index contributed by atoms with van der Waals surface area (Å²) >= 11 is 8.92. The van der Waals surface area contributed by atoms with Gasteiger partial charge in [0.15, 0.2) is 0 Å². The second kappa shape index (κ2) is 6.20. The first-order chi connectivity index (χ1) is 11.6. The van der Waals surface area contributed by atoms with Crippen LogP contribution in [0.2, 0.25) is 5.02 Å². The number of primary sulfonamides is 1. The van der Waals surface area contributed by atoms with Crippen molar-refractivity contribution >= 4 is 48.9 Å². The summed E-state index contributed by atoms with van der Waals surface area (Å²) < 4.78 is 53.5. The van der Waals surface area contributed by atoms with Crippen LogP contribution in [0.4, 0.5) is 14.6 Å². The fourth-order valence-electron chi connectivity index (χ4n) is 2.45. The molecular formula is C14H10BrClF2N4O2S. The Morgan fingerprint density at radius 2 is 1.96 bits per heavy atom. The van der Waals surface area contributed by atoms with E-state index in [1.54, 1.807) is 7.05 Å². The predicted octanol–water partition coefficient (Wildman–Crippen LogP) is 3.38. The van der Waals surface area contributed by atoms with Gasteiger partial charge in [-0.2, -0.15) is 5.10 Å². The largest absolute Gasteiger partial charge is 0.372 e. The van der Waals surface area contributed by atoms with Crippen LogP contribution in [-0.2, 0) is 10.0 Å². The Morgan fingerprint density at radius 1 is 1.28 bits per heavy atom. The van der Waals surface area contributed by atoms with E-state index in [1.807, 2.05) is 0 Å². The summed E-state index contributed by atoms with van der Waals surface area (Å²) in [6.07, 6.45) is 0. The van der Waals surface area contributed by atoms with E-state index in [0.717, 1.165) is 12.1 Å². The van der Waals surface area contributed by atoms with Crippen molar-refractivity contribution < 1.29 is 17.2 Å². The molecule has 0 radical (unpaired) electrons. The van der Waals surface area contributed by atoms with Gasteiger partial charge in [0.05, 0.1) is 15.0 Å². The summed E-state index contributed by atoms with van der Waals surface area (Å²) in [5, 5.41) is 12.4. The molecule has 0 unspecified atom stereocenters. The van der Waals surface area contributed by atoms with E-state index in [1.165, 1.54) is 16.6 Å². The molecule has 0 amide bonds. The molecule has 0 spiro atoms. The van der Waals surface area contributed by atoms with Crippen molar-refractivity contribution in [1.29, 1.82) is 0 Å². The number of rotatable bonds is 3. The Balaban J connectivity index is 2.49. The maximum atomic E-state index is 14.4. The second-order valence-electron chi connectivity index (χ2n) is 5.05. The predicted molar refractivity (Wildman–Crippen MR) is 94.2 cm³/mol. The molecule has 0 aliphatic rings. The van der Waals surface area contributed by atoms with Gasteiger partial charge in [0, 0.05) is 12.6 Å². The third-order valence-electron chi connectivity index (χ3n) is 3.49. The molecule has 0 fully saturated rings. The summed E-state index contributed by atoms with van der Waals surface area (Å²) in [7, 11) is -2.74. The maximum absolute atomic E-state index is 14.4. The van der Waals surface area contributed by atoms with Gasteiger partial charge in [-0.3, -0.25) is 0 Å². The molecule has 132 valence electrons. The van der Waals surface area contributed by atoms with Crippen molar-refractivity contribution in [2.24, 2.45) is 5.14 Å². The quantitative estimate of drug-likeness (QED) is 0.598. The molecule has 11 heteroatoms. The lowest BCUT2D eigenvalue weighted by atomic mass is 10.1. The number of halogens is 4. The van der Waals surface area contributed by atoms with E-state index >= 15 is 0 Å². The van der Waals surface area contributed by atoms with E-state index in [9.17, 15) is 17.2 Å². The van der Waals surface area contributed by atoms with Crippen LogP contribution < -0.4 is 10.5 Å². The Hall–Kier alpha value is -1.75. The van der Waals surface area contributed by atoms with E-state index < -0.39 is 26.6 Å². The molecule has 0 saturated heterocycles. The molecule has 1 aromatic carbocycles. The lowest BCUT2D eigenvalue weighted by Crippen LogP contribution is -2.13. The first-order valence-corrected chi connectivity index (χ1v) is 9.43. The van der Waals surface area contributed by atoms with Crippen LogP contribution in [0.15, 0.2) is 33.6 Å². The number of fused-ring (bicyclic) bond motifs is 1. The Morgan fingerprint density at radius 3 is 2.56 bits per heavy atom. The smallest absolute Gasteiger partial charge is 0.242 e. The number of benzene rings is 1. The van der Waals surface area contributed by atoms with Crippen LogP contribution in [0.3, 0.4) is 0 Å². The number of nitrogens with two attached hydrogens (primary N) is 1. The van der Waals surface area contributed by atoms with Gasteiger partial charge in [-0.25, -0.2) is 26.9 Å². The number of anilines is 1. The molecule has 0 aliphatic heterocycles. The van der Waals surface area contributed by atoms with E-state index in [2.05, 4.69) is 26.3 Å². The maximum Gasteiger partial charge on any atom is 0.242 e. The zero-order valence-electron chi connectivity index (χ0n) is 12.5. The average Bonchev–Trinajstić information content (AvgIpc) is 2.90. The highest BCUT2D eigenvalue weighted by Gasteiger charge is 2.27. The summed E-state index contributed by atoms with van der Waals surface area (Å²) in [6, 6.07) is 4.55. The number of hydrogen-bond acceptors (Lipinski definition) is 4. The molecule has 0 aliphatic carbocycles. The van der Waals surface area contributed by atoms with Crippen LogP contribution in [0.1, 0.15) is 0 Å². The summed E-state index contributed by atoms with van der Waals surface area (Å²) in [4.78, 5) is -0.429. The molecule has 0 atom stereocenters. The van der Waals surface area contributed by atoms with Crippen molar-refractivity contribution in [3.63, 3.8) is 0 Å². The third-order valence-corrected chi connectivity index (χ3v) is 5.37. The van der Waals surface area contributed by atoms with Crippen molar-refractivity contribution in [1.82, 2.24) is 9.61 Å². The lowest BCUT2D eigenvalue weighted by Gasteiger charge is -2.06. The standard InChI is InChI=1S/C14H10BrClF2N4O2S/c1-20-14-8(16)2-3-11-13(25(19,23)24)12(21-22(11)14)6-4-10(18)7(15)5-9(6)17/h2-5,20H,1H3,(H2,19,23,24). The molecule has 3 N–H and O–H groups in total. The highest BCUT2D eigenvalue weighted by Crippen LogP contribution is 2.35. The number of nitrogens with zero attached hydrogens (tertiary/aromatic N) is 2. The number of hydrogen-bond donors (Lipinski definition) is 2. The molecule has 0 saturated carbocycles. The summed E-state index contributed by atoms with van der Waals surface area (Å²) in [5.74, 6) is -1.37. The fraction of sp³-hybridized carbons (Fsp3) is 0.0714. The first-order valence-electron chi connectivity index (χ1n) is 6.72. The fourth-order valence-corrected chi connectivity index (χ4v) is 3.87. The zero-order chi connectivity index (χ0) is 18.5. The van der Waals surface area contributed by atoms with Gasteiger partial charge in [0.25, 0.3) is 0 Å². The van der Waals surface area contributed by atoms with Gasteiger partial charge >= 0.3 is 0 Å². The molecule has 25 heavy (non-hydrogen) atoms. The average molecular weight is 452 g/mol. The molecule has 6 nitrogen and oxygen atoms in total. The van der Waals surface area contributed by atoms with Crippen LogP contribution in [-0.4, -0.2) is 25.1 Å². The minimum Gasteiger partial charge on any atom is -0.372 e. The lowest BCUT2D eigenvalue weighted by molar-refractivity contribution is 0.594. The number of aromatic nitrogens is 2. The van der Waals surface area contributed by atoms with Crippen molar-refractivity contribution in [3.05, 3.63) is 45.4 Å². The third kappa shape index (κ3) is 2.99. The molecule has 3 aromatic rings. The minimum atomic E-state index is -4.30. The second-order valence-corrected chi connectivity index (χ2v) is 7.81. The highest BCUT2D eigenvalue weighted by molar-refractivity contribution is 9.10. The first kappa shape index (κ1) is 18.1. The minimum absolute atomic E-state index is 0.0778. The van der Waals surface area contributed by atoms with Crippen LogP contribution in [0, 0.1) is 11.6 Å². The topological polar surface area (TPSA) is 89.5 Å². The van der Waals surface area contributed by atoms with E-state index in [4.69, 9.17) is 16.7 Å². The van der Waals surface area contributed by atoms with Crippen LogP contribution in [0.25, 0.3) is 16.8 Å². The van der Waals surface area contributed by atoms with Gasteiger partial charge in [-0.1, -0.05) is 11.6 Å². The normalized spacial score (nSPS) is 11.9. The zero-order valence-corrected chi connectivity index (χ0v) is 15.7. The van der Waals surface area contributed by atoms with E-state index in [0.29, 0.717) is 0 Å². The summed E-state index contributed by atoms with van der Waals surface area (Å²) in [5.41, 5.74) is -0.578. The van der Waals surface area contributed by atoms with Crippen LogP contribution in [0.5, 0.6) is 0 Å². The van der Waals surface area contributed by atoms with E-state index in [-0.39, 0.29) is 32.1 Å². The number of sulfonamides is 1. The molecule has 3 rings (SSSR count).